The van der Waals surface area contributed by atoms with Crippen LogP contribution in [0.2, 0.25) is 0 Å². The summed E-state index contributed by atoms with van der Waals surface area (Å²) in [5.74, 6) is 0.665. The van der Waals surface area contributed by atoms with Crippen molar-refractivity contribution in [3.63, 3.8) is 0 Å². The zero-order valence-corrected chi connectivity index (χ0v) is 13.4. The molecule has 0 radical (unpaired) electrons. The molecule has 22 heavy (non-hydrogen) atoms. The molecule has 1 aliphatic carbocycles. The van der Waals surface area contributed by atoms with Crippen LogP contribution >= 0.6 is 0 Å². The standard InChI is InChI=1S/C18H28N2O2/c1-14(17(19)12-15-8-4-2-5-9-15)20(18(21)22)13-16-10-6-3-7-11-16/h3,6-7,10-11,14-15,17H,2,4-5,8-9,12-13,19H2,1H3,(H,21,22)/t14-,17-/m0/s1. The van der Waals surface area contributed by atoms with E-state index in [9.17, 15) is 9.90 Å². The maximum atomic E-state index is 11.6. The average Bonchev–Trinajstić information content (AvgIpc) is 2.53. The van der Waals surface area contributed by atoms with Crippen LogP contribution in [0.3, 0.4) is 0 Å². The Labute approximate surface area is 133 Å². The third-order valence-corrected chi connectivity index (χ3v) is 4.88. The predicted octanol–water partition coefficient (Wildman–Crippen LogP) is 3.85. The molecule has 1 aromatic rings. The van der Waals surface area contributed by atoms with E-state index in [1.54, 1.807) is 0 Å². The van der Waals surface area contributed by atoms with Crippen LogP contribution in [-0.2, 0) is 6.54 Å². The summed E-state index contributed by atoms with van der Waals surface area (Å²) in [4.78, 5) is 13.1. The molecule has 0 aliphatic heterocycles. The lowest BCUT2D eigenvalue weighted by atomic mass is 9.83. The van der Waals surface area contributed by atoms with E-state index in [1.165, 1.54) is 37.0 Å². The first-order chi connectivity index (χ1) is 10.6. The molecule has 0 heterocycles. The fourth-order valence-electron chi connectivity index (χ4n) is 3.40. The van der Waals surface area contributed by atoms with Gasteiger partial charge >= 0.3 is 6.09 Å². The van der Waals surface area contributed by atoms with Gasteiger partial charge in [-0.2, -0.15) is 0 Å². The highest BCUT2D eigenvalue weighted by molar-refractivity contribution is 5.65. The monoisotopic (exact) mass is 304 g/mol. The van der Waals surface area contributed by atoms with Gasteiger partial charge in [0.1, 0.15) is 0 Å². The van der Waals surface area contributed by atoms with Gasteiger partial charge in [0.2, 0.25) is 0 Å². The van der Waals surface area contributed by atoms with Gasteiger partial charge < -0.3 is 10.8 Å². The van der Waals surface area contributed by atoms with Gasteiger partial charge in [-0.15, -0.1) is 0 Å². The topological polar surface area (TPSA) is 66.6 Å². The first kappa shape index (κ1) is 16.8. The molecule has 1 saturated carbocycles. The first-order valence-corrected chi connectivity index (χ1v) is 8.37. The number of carbonyl (C=O) groups is 1. The van der Waals surface area contributed by atoms with Crippen molar-refractivity contribution in [2.24, 2.45) is 11.7 Å². The Morgan fingerprint density at radius 2 is 1.91 bits per heavy atom. The normalized spacial score (nSPS) is 18.6. The predicted molar refractivity (Wildman–Crippen MR) is 88.6 cm³/mol. The molecule has 2 atom stereocenters. The number of hydrogen-bond acceptors (Lipinski definition) is 2. The minimum Gasteiger partial charge on any atom is -0.465 e. The summed E-state index contributed by atoms with van der Waals surface area (Å²) in [6, 6.07) is 9.45. The van der Waals surface area contributed by atoms with Crippen LogP contribution in [0.15, 0.2) is 30.3 Å². The molecule has 4 nitrogen and oxygen atoms in total. The van der Waals surface area contributed by atoms with Crippen molar-refractivity contribution in [1.82, 2.24) is 4.90 Å². The molecule has 122 valence electrons. The van der Waals surface area contributed by atoms with Gasteiger partial charge in [0.15, 0.2) is 0 Å². The van der Waals surface area contributed by atoms with Crippen molar-refractivity contribution < 1.29 is 9.90 Å². The van der Waals surface area contributed by atoms with E-state index in [4.69, 9.17) is 5.73 Å². The molecule has 2 rings (SSSR count). The van der Waals surface area contributed by atoms with E-state index in [2.05, 4.69) is 0 Å². The molecular weight excluding hydrogens is 276 g/mol. The van der Waals surface area contributed by atoms with E-state index in [0.717, 1.165) is 12.0 Å². The summed E-state index contributed by atoms with van der Waals surface area (Å²) < 4.78 is 0. The van der Waals surface area contributed by atoms with Gasteiger partial charge in [-0.3, -0.25) is 4.90 Å². The van der Waals surface area contributed by atoms with E-state index < -0.39 is 6.09 Å². The number of carboxylic acid groups (broad SMARTS) is 1. The van der Waals surface area contributed by atoms with Crippen molar-refractivity contribution in [2.75, 3.05) is 0 Å². The Morgan fingerprint density at radius 1 is 1.27 bits per heavy atom. The summed E-state index contributed by atoms with van der Waals surface area (Å²) in [6.07, 6.45) is 6.43. The number of benzene rings is 1. The van der Waals surface area contributed by atoms with Crippen LogP contribution < -0.4 is 5.73 Å². The Balaban J connectivity index is 1.95. The van der Waals surface area contributed by atoms with Crippen LogP contribution in [-0.4, -0.2) is 28.2 Å². The van der Waals surface area contributed by atoms with Crippen LogP contribution in [0.5, 0.6) is 0 Å². The van der Waals surface area contributed by atoms with Gasteiger partial charge in [0, 0.05) is 18.6 Å². The summed E-state index contributed by atoms with van der Waals surface area (Å²) >= 11 is 0. The minimum absolute atomic E-state index is 0.0945. The second-order valence-corrected chi connectivity index (χ2v) is 6.54. The van der Waals surface area contributed by atoms with E-state index in [0.29, 0.717) is 12.5 Å². The molecule has 0 spiro atoms. The highest BCUT2D eigenvalue weighted by atomic mass is 16.4. The fourth-order valence-corrected chi connectivity index (χ4v) is 3.40. The molecule has 0 unspecified atom stereocenters. The van der Waals surface area contributed by atoms with Gasteiger partial charge in [-0.1, -0.05) is 62.4 Å². The van der Waals surface area contributed by atoms with E-state index in [-0.39, 0.29) is 12.1 Å². The van der Waals surface area contributed by atoms with Crippen molar-refractivity contribution in [3.05, 3.63) is 35.9 Å². The Bertz CT molecular complexity index is 457. The van der Waals surface area contributed by atoms with Crippen molar-refractivity contribution in [3.8, 4) is 0 Å². The molecule has 1 amide bonds. The van der Waals surface area contributed by atoms with Gasteiger partial charge in [-0.25, -0.2) is 4.79 Å². The second kappa shape index (κ2) is 8.18. The summed E-state index contributed by atoms with van der Waals surface area (Å²) in [5.41, 5.74) is 7.34. The zero-order chi connectivity index (χ0) is 15.9. The Hall–Kier alpha value is -1.55. The number of nitrogens with zero attached hydrogens (tertiary/aromatic N) is 1. The van der Waals surface area contributed by atoms with Crippen LogP contribution in [0.4, 0.5) is 4.79 Å². The van der Waals surface area contributed by atoms with Gasteiger partial charge in [0.05, 0.1) is 0 Å². The lowest BCUT2D eigenvalue weighted by Crippen LogP contribution is -2.48. The second-order valence-electron chi connectivity index (χ2n) is 6.54. The smallest absolute Gasteiger partial charge is 0.407 e. The van der Waals surface area contributed by atoms with E-state index in [1.807, 2.05) is 37.3 Å². The van der Waals surface area contributed by atoms with Gasteiger partial charge in [-0.05, 0) is 24.8 Å². The van der Waals surface area contributed by atoms with Crippen molar-refractivity contribution >= 4 is 6.09 Å². The molecular formula is C18H28N2O2. The third kappa shape index (κ3) is 4.73. The Kier molecular flexibility index (Phi) is 6.25. The molecule has 0 aromatic heterocycles. The van der Waals surface area contributed by atoms with E-state index >= 15 is 0 Å². The summed E-state index contributed by atoms with van der Waals surface area (Å²) in [7, 11) is 0. The molecule has 4 heteroatoms. The Morgan fingerprint density at radius 3 is 2.50 bits per heavy atom. The number of amides is 1. The highest BCUT2D eigenvalue weighted by Gasteiger charge is 2.27. The van der Waals surface area contributed by atoms with Crippen LogP contribution in [0, 0.1) is 5.92 Å². The van der Waals surface area contributed by atoms with Crippen LogP contribution in [0.25, 0.3) is 0 Å². The fraction of sp³-hybridized carbons (Fsp3) is 0.611. The first-order valence-electron chi connectivity index (χ1n) is 8.37. The molecule has 1 aliphatic rings. The number of rotatable bonds is 6. The summed E-state index contributed by atoms with van der Waals surface area (Å²) in [5, 5.41) is 9.53. The molecule has 0 saturated heterocycles. The highest BCUT2D eigenvalue weighted by Crippen LogP contribution is 2.28. The van der Waals surface area contributed by atoms with Crippen molar-refractivity contribution in [1.29, 1.82) is 0 Å². The average molecular weight is 304 g/mol. The number of hydrogen-bond donors (Lipinski definition) is 2. The van der Waals surface area contributed by atoms with Crippen LogP contribution in [0.1, 0.15) is 51.0 Å². The molecule has 1 aromatic carbocycles. The maximum Gasteiger partial charge on any atom is 0.407 e. The summed E-state index contributed by atoms with van der Waals surface area (Å²) in [6.45, 7) is 2.33. The largest absolute Gasteiger partial charge is 0.465 e. The molecule has 1 fully saturated rings. The molecule has 0 bridgehead atoms. The SMILES string of the molecule is C[C@@H]([C@@H](N)CC1CCCCC1)N(Cc1ccccc1)C(=O)O. The maximum absolute atomic E-state index is 11.6. The zero-order valence-electron chi connectivity index (χ0n) is 13.4. The van der Waals surface area contributed by atoms with Gasteiger partial charge in [0.25, 0.3) is 0 Å². The molecule has 3 N–H and O–H groups in total. The lowest BCUT2D eigenvalue weighted by molar-refractivity contribution is 0.112. The minimum atomic E-state index is -0.893. The quantitative estimate of drug-likeness (QED) is 0.838. The van der Waals surface area contributed by atoms with Crippen molar-refractivity contribution in [2.45, 2.75) is 64.1 Å². The lowest BCUT2D eigenvalue weighted by Gasteiger charge is -2.33. The number of nitrogens with two attached hydrogens (primary N) is 1. The third-order valence-electron chi connectivity index (χ3n) is 4.88.